The smallest absolute Gasteiger partial charge is 0.314 e. The Kier molecular flexibility index (Phi) is 7.35. The molecule has 0 N–H and O–H groups in total. The van der Waals surface area contributed by atoms with E-state index in [9.17, 15) is 9.18 Å². The monoisotopic (exact) mass is 428 g/mol. The molecule has 3 aliphatic carbocycles. The molecule has 3 fully saturated rings. The van der Waals surface area contributed by atoms with Gasteiger partial charge < -0.3 is 9.47 Å². The Hall–Kier alpha value is -1.84. The zero-order chi connectivity index (χ0) is 21.8. The highest BCUT2D eigenvalue weighted by molar-refractivity contribution is 5.75. The van der Waals surface area contributed by atoms with Gasteiger partial charge in [0.1, 0.15) is 12.4 Å². The van der Waals surface area contributed by atoms with Crippen LogP contribution in [-0.2, 0) is 4.79 Å². The molecule has 4 unspecified atom stereocenters. The number of halogens is 1. The molecule has 0 radical (unpaired) electrons. The second-order valence-electron chi connectivity index (χ2n) is 10.2. The molecule has 31 heavy (non-hydrogen) atoms. The third-order valence-electron chi connectivity index (χ3n) is 8.17. The molecule has 4 atom stereocenters. The van der Waals surface area contributed by atoms with Crippen LogP contribution in [0.1, 0.15) is 71.1 Å². The minimum Gasteiger partial charge on any atom is -0.486 e. The van der Waals surface area contributed by atoms with E-state index >= 15 is 0 Å². The van der Waals surface area contributed by atoms with E-state index in [2.05, 4.69) is 13.5 Å². The number of carbonyl (C=O) groups is 1. The minimum absolute atomic E-state index is 0.0668. The number of ether oxygens (including phenoxy) is 2. The second-order valence-corrected chi connectivity index (χ2v) is 10.2. The largest absolute Gasteiger partial charge is 0.486 e. The molecule has 0 aromatic heterocycles. The Bertz CT molecular complexity index is 768. The number of esters is 1. The van der Waals surface area contributed by atoms with E-state index < -0.39 is 5.82 Å². The summed E-state index contributed by atoms with van der Waals surface area (Å²) in [6, 6.07) is 4.32. The van der Waals surface area contributed by atoms with Gasteiger partial charge in [0.25, 0.3) is 0 Å². The first-order chi connectivity index (χ1) is 15.0. The van der Waals surface area contributed by atoms with Crippen molar-refractivity contribution in [2.75, 3.05) is 6.61 Å². The van der Waals surface area contributed by atoms with Gasteiger partial charge in [0.05, 0.1) is 5.92 Å². The predicted molar refractivity (Wildman–Crippen MR) is 121 cm³/mol. The van der Waals surface area contributed by atoms with Gasteiger partial charge in [-0.25, -0.2) is 4.39 Å². The highest BCUT2D eigenvalue weighted by atomic mass is 19.1. The first kappa shape index (κ1) is 22.4. The summed E-state index contributed by atoms with van der Waals surface area (Å²) in [5, 5.41) is 0. The van der Waals surface area contributed by atoms with Crippen molar-refractivity contribution in [1.82, 2.24) is 0 Å². The molecule has 0 spiro atoms. The molecular formula is C27H37FO3. The molecular weight excluding hydrogens is 391 g/mol. The van der Waals surface area contributed by atoms with Crippen LogP contribution >= 0.6 is 0 Å². The van der Waals surface area contributed by atoms with E-state index in [4.69, 9.17) is 9.47 Å². The minimum atomic E-state index is -0.524. The molecule has 0 saturated heterocycles. The fourth-order valence-electron chi connectivity index (χ4n) is 6.42. The summed E-state index contributed by atoms with van der Waals surface area (Å²) in [5.74, 6) is 4.04. The summed E-state index contributed by atoms with van der Waals surface area (Å²) >= 11 is 0. The molecule has 3 saturated carbocycles. The highest BCUT2D eigenvalue weighted by Gasteiger charge is 2.39. The van der Waals surface area contributed by atoms with Gasteiger partial charge in [-0.2, -0.15) is 0 Å². The molecule has 3 aliphatic rings. The van der Waals surface area contributed by atoms with E-state index in [-0.39, 0.29) is 30.0 Å². The van der Waals surface area contributed by atoms with E-state index in [1.165, 1.54) is 50.7 Å². The van der Waals surface area contributed by atoms with Gasteiger partial charge in [-0.3, -0.25) is 4.79 Å². The normalized spacial score (nSPS) is 33.2. The first-order valence-electron chi connectivity index (χ1n) is 12.3. The molecule has 0 aliphatic heterocycles. The van der Waals surface area contributed by atoms with Crippen LogP contribution in [0.15, 0.2) is 30.9 Å². The summed E-state index contributed by atoms with van der Waals surface area (Å²) in [4.78, 5) is 12.6. The third-order valence-corrected chi connectivity index (χ3v) is 8.17. The van der Waals surface area contributed by atoms with Gasteiger partial charge in [-0.15, -0.1) is 0 Å². The summed E-state index contributed by atoms with van der Waals surface area (Å²) in [7, 11) is 0. The maximum Gasteiger partial charge on any atom is 0.314 e. The zero-order valence-corrected chi connectivity index (χ0v) is 18.9. The van der Waals surface area contributed by atoms with Crippen LogP contribution in [0, 0.1) is 41.3 Å². The van der Waals surface area contributed by atoms with Crippen molar-refractivity contribution in [1.29, 1.82) is 0 Å². The SMILES string of the molecule is C=CCOc1ccc(OC(=O)C2CCC(C3CCC4CC(C)CCC4C3)CC2)cc1F. The topological polar surface area (TPSA) is 35.5 Å². The molecule has 3 nitrogen and oxygen atoms in total. The molecule has 170 valence electrons. The van der Waals surface area contributed by atoms with Gasteiger partial charge in [-0.05, 0) is 99.5 Å². The number of hydrogen-bond acceptors (Lipinski definition) is 3. The highest BCUT2D eigenvalue weighted by Crippen LogP contribution is 2.49. The number of fused-ring (bicyclic) bond motifs is 1. The average Bonchev–Trinajstić information content (AvgIpc) is 2.78. The van der Waals surface area contributed by atoms with Gasteiger partial charge in [-0.1, -0.05) is 26.0 Å². The van der Waals surface area contributed by atoms with E-state index in [0.717, 1.165) is 55.3 Å². The molecule has 1 aromatic rings. The lowest BCUT2D eigenvalue weighted by Gasteiger charge is -2.44. The lowest BCUT2D eigenvalue weighted by Crippen LogP contribution is -2.35. The number of hydrogen-bond donors (Lipinski definition) is 0. The zero-order valence-electron chi connectivity index (χ0n) is 18.9. The van der Waals surface area contributed by atoms with Crippen LogP contribution < -0.4 is 9.47 Å². The van der Waals surface area contributed by atoms with Crippen molar-refractivity contribution < 1.29 is 18.7 Å². The quantitative estimate of drug-likeness (QED) is 0.279. The Balaban J connectivity index is 1.25. The van der Waals surface area contributed by atoms with Crippen molar-refractivity contribution in [3.8, 4) is 11.5 Å². The Morgan fingerprint density at radius 2 is 1.65 bits per heavy atom. The van der Waals surface area contributed by atoms with Crippen molar-refractivity contribution >= 4 is 5.97 Å². The predicted octanol–water partition coefficient (Wildman–Crippen LogP) is 6.95. The lowest BCUT2D eigenvalue weighted by molar-refractivity contribution is -0.140. The van der Waals surface area contributed by atoms with E-state index in [1.54, 1.807) is 12.1 Å². The molecule has 1 aromatic carbocycles. The van der Waals surface area contributed by atoms with Gasteiger partial charge in [0.15, 0.2) is 11.6 Å². The van der Waals surface area contributed by atoms with Crippen LogP contribution in [0.2, 0.25) is 0 Å². The fraction of sp³-hybridized carbons (Fsp3) is 0.667. The van der Waals surface area contributed by atoms with Crippen molar-refractivity contribution in [2.24, 2.45) is 35.5 Å². The van der Waals surface area contributed by atoms with Crippen LogP contribution in [0.3, 0.4) is 0 Å². The molecule has 4 heteroatoms. The summed E-state index contributed by atoms with van der Waals surface area (Å²) in [5.41, 5.74) is 0. The number of benzene rings is 1. The van der Waals surface area contributed by atoms with E-state index in [0.29, 0.717) is 0 Å². The van der Waals surface area contributed by atoms with Crippen LogP contribution in [0.4, 0.5) is 4.39 Å². The average molecular weight is 429 g/mol. The maximum atomic E-state index is 14.1. The second kappa shape index (κ2) is 10.2. The first-order valence-corrected chi connectivity index (χ1v) is 12.3. The van der Waals surface area contributed by atoms with Crippen LogP contribution in [0.5, 0.6) is 11.5 Å². The molecule has 4 rings (SSSR count). The van der Waals surface area contributed by atoms with Gasteiger partial charge >= 0.3 is 5.97 Å². The fourth-order valence-corrected chi connectivity index (χ4v) is 6.42. The summed E-state index contributed by atoms with van der Waals surface area (Å²) in [6.45, 7) is 6.21. The van der Waals surface area contributed by atoms with Crippen LogP contribution in [-0.4, -0.2) is 12.6 Å². The number of carbonyl (C=O) groups excluding carboxylic acids is 1. The lowest BCUT2D eigenvalue weighted by atomic mass is 9.61. The van der Waals surface area contributed by atoms with Crippen molar-refractivity contribution in [3.63, 3.8) is 0 Å². The number of rotatable bonds is 6. The van der Waals surface area contributed by atoms with E-state index in [1.807, 2.05) is 0 Å². The Morgan fingerprint density at radius 1 is 1.00 bits per heavy atom. The molecule has 0 amide bonds. The van der Waals surface area contributed by atoms with Gasteiger partial charge in [0, 0.05) is 6.07 Å². The third kappa shape index (κ3) is 5.51. The standard InChI is InChI=1S/C27H37FO3/c1-3-14-30-26-13-12-24(17-25(26)28)31-27(29)20-8-6-19(7-9-20)22-11-10-21-15-18(2)4-5-23(21)16-22/h3,12-13,17-23H,1,4-11,14-16H2,2H3. The summed E-state index contributed by atoms with van der Waals surface area (Å²) in [6.07, 6.45) is 14.1. The van der Waals surface area contributed by atoms with Crippen LogP contribution in [0.25, 0.3) is 0 Å². The van der Waals surface area contributed by atoms with Crippen molar-refractivity contribution in [3.05, 3.63) is 36.7 Å². The molecule has 0 bridgehead atoms. The summed E-state index contributed by atoms with van der Waals surface area (Å²) < 4.78 is 24.8. The Morgan fingerprint density at radius 3 is 2.35 bits per heavy atom. The Labute approximate surface area is 186 Å². The molecule has 0 heterocycles. The maximum absolute atomic E-state index is 14.1. The van der Waals surface area contributed by atoms with Gasteiger partial charge in [0.2, 0.25) is 0 Å². The van der Waals surface area contributed by atoms with Crippen molar-refractivity contribution in [2.45, 2.75) is 71.1 Å².